The fraction of sp³-hybridized carbons (Fsp3) is 0.690. The van der Waals surface area contributed by atoms with E-state index in [0.29, 0.717) is 6.42 Å². The number of aliphatic hydroxyl groups excluding tert-OH is 1. The van der Waals surface area contributed by atoms with Crippen LogP contribution in [0.3, 0.4) is 0 Å². The third-order valence-electron chi connectivity index (χ3n) is 9.34. The summed E-state index contributed by atoms with van der Waals surface area (Å²) in [6, 6.07) is 0. The molecular formula is C29H36F2O6. The second-order valence-corrected chi connectivity index (χ2v) is 11.5. The first-order valence-electron chi connectivity index (χ1n) is 13.1. The minimum Gasteiger partial charge on any atom is -0.461 e. The fourth-order valence-corrected chi connectivity index (χ4v) is 7.66. The van der Waals surface area contributed by atoms with Crippen molar-refractivity contribution in [1.82, 2.24) is 0 Å². The van der Waals surface area contributed by atoms with E-state index in [1.165, 1.54) is 19.1 Å². The molecule has 0 bridgehead atoms. The van der Waals surface area contributed by atoms with Crippen molar-refractivity contribution in [2.75, 3.05) is 6.61 Å². The first-order valence-corrected chi connectivity index (χ1v) is 13.1. The number of ketones is 1. The van der Waals surface area contributed by atoms with Crippen molar-refractivity contribution in [2.45, 2.75) is 90.8 Å². The maximum atomic E-state index is 17.5. The zero-order valence-corrected chi connectivity index (χ0v) is 22.1. The topological polar surface area (TPSA) is 89.9 Å². The number of hydrogen-bond acceptors (Lipinski definition) is 6. The van der Waals surface area contributed by atoms with Gasteiger partial charge in [-0.05, 0) is 49.7 Å². The van der Waals surface area contributed by atoms with Crippen LogP contribution >= 0.6 is 0 Å². The predicted molar refractivity (Wildman–Crippen MR) is 131 cm³/mol. The summed E-state index contributed by atoms with van der Waals surface area (Å²) >= 11 is 0. The van der Waals surface area contributed by atoms with Crippen LogP contribution in [0.4, 0.5) is 8.78 Å². The van der Waals surface area contributed by atoms with E-state index >= 15 is 8.78 Å². The monoisotopic (exact) mass is 518 g/mol. The zero-order valence-electron chi connectivity index (χ0n) is 22.1. The van der Waals surface area contributed by atoms with Crippen molar-refractivity contribution in [2.24, 2.45) is 28.6 Å². The Balaban J connectivity index is 1.71. The van der Waals surface area contributed by atoms with Gasteiger partial charge in [-0.3, -0.25) is 14.4 Å². The van der Waals surface area contributed by atoms with Crippen LogP contribution in [-0.4, -0.2) is 53.5 Å². The van der Waals surface area contributed by atoms with Gasteiger partial charge in [-0.1, -0.05) is 38.7 Å². The molecular weight excluding hydrogens is 482 g/mol. The summed E-state index contributed by atoms with van der Waals surface area (Å²) in [6.45, 7) is 8.29. The maximum absolute atomic E-state index is 17.5. The summed E-state index contributed by atoms with van der Waals surface area (Å²) in [7, 11) is 0. The van der Waals surface area contributed by atoms with Crippen LogP contribution in [0, 0.1) is 40.4 Å². The average Bonchev–Trinajstić information content (AvgIpc) is 3.06. The number of aliphatic hydroxyl groups is 1. The van der Waals surface area contributed by atoms with Gasteiger partial charge in [0.05, 0.1) is 6.10 Å². The van der Waals surface area contributed by atoms with Gasteiger partial charge < -0.3 is 14.6 Å². The molecule has 4 rings (SSSR count). The molecule has 3 saturated carbocycles. The number of alkyl halides is 2. The summed E-state index contributed by atoms with van der Waals surface area (Å²) in [5.41, 5.74) is -4.18. The fourth-order valence-electron chi connectivity index (χ4n) is 7.66. The highest BCUT2D eigenvalue weighted by molar-refractivity contribution is 6.06. The molecule has 6 nitrogen and oxygen atoms in total. The third kappa shape index (κ3) is 4.24. The van der Waals surface area contributed by atoms with Gasteiger partial charge in [0.25, 0.3) is 0 Å². The lowest BCUT2D eigenvalue weighted by atomic mass is 9.45. The highest BCUT2D eigenvalue weighted by atomic mass is 19.1. The number of carbonyl (C=O) groups is 3. The standard InChI is InChI=1S/C29H36F2O6/c1-6-25(35)37-26-16(2)11-19-20-12-22(30)21-13-23(33)18(9-7-8-10-36-17(3)32)14-28(21,5)29(20,31)24(34)15-27(19,26)4/h13-14,16,19-20,22,24,26,34H,6,9-12,15H2,1-5H3/t16-,19+,20+,22+,24+,26+,27+,28+,29+/m1/s1. The van der Waals surface area contributed by atoms with Crippen LogP contribution in [-0.2, 0) is 23.9 Å². The Kier molecular flexibility index (Phi) is 7.17. The highest BCUT2D eigenvalue weighted by Gasteiger charge is 2.73. The van der Waals surface area contributed by atoms with Crippen molar-refractivity contribution < 1.29 is 37.7 Å². The summed E-state index contributed by atoms with van der Waals surface area (Å²) in [5.74, 6) is 2.97. The zero-order chi connectivity index (χ0) is 27.3. The van der Waals surface area contributed by atoms with Crippen LogP contribution in [0.25, 0.3) is 0 Å². The number of halogens is 2. The van der Waals surface area contributed by atoms with E-state index in [0.717, 1.165) is 0 Å². The lowest BCUT2D eigenvalue weighted by Crippen LogP contribution is -2.68. The number of esters is 2. The van der Waals surface area contributed by atoms with Crippen LogP contribution in [0.15, 0.2) is 23.3 Å². The first kappa shape index (κ1) is 27.5. The SMILES string of the molecule is CCC(=O)O[C@H]1[C@H](C)C[C@H]2[C@@H]3C[C@H](F)C4=CC(=O)C(CC#CCOC(C)=O)=C[C@]4(C)[C@@]3(F)[C@@H](O)C[C@@]21C. The lowest BCUT2D eigenvalue weighted by molar-refractivity contribution is -0.212. The second-order valence-electron chi connectivity index (χ2n) is 11.5. The number of hydrogen-bond donors (Lipinski definition) is 1. The van der Waals surface area contributed by atoms with Crippen molar-refractivity contribution >= 4 is 17.7 Å². The molecule has 0 radical (unpaired) electrons. The second kappa shape index (κ2) is 9.65. The summed E-state index contributed by atoms with van der Waals surface area (Å²) in [5, 5.41) is 11.5. The van der Waals surface area contributed by atoms with Gasteiger partial charge in [0.15, 0.2) is 18.1 Å². The van der Waals surface area contributed by atoms with Crippen molar-refractivity contribution in [3.63, 3.8) is 0 Å². The molecule has 0 amide bonds. The van der Waals surface area contributed by atoms with Gasteiger partial charge in [-0.2, -0.15) is 0 Å². The van der Waals surface area contributed by atoms with Gasteiger partial charge in [0, 0.05) is 42.1 Å². The van der Waals surface area contributed by atoms with Gasteiger partial charge in [-0.15, -0.1) is 0 Å². The molecule has 0 aliphatic heterocycles. The molecule has 1 N–H and O–H groups in total. The quantitative estimate of drug-likeness (QED) is 0.443. The molecule has 0 spiro atoms. The van der Waals surface area contributed by atoms with E-state index in [1.807, 2.05) is 13.8 Å². The predicted octanol–water partition coefficient (Wildman–Crippen LogP) is 4.20. The Morgan fingerprint density at radius 3 is 2.57 bits per heavy atom. The van der Waals surface area contributed by atoms with Gasteiger partial charge in [-0.25, -0.2) is 8.78 Å². The Morgan fingerprint density at radius 1 is 1.22 bits per heavy atom. The van der Waals surface area contributed by atoms with Crippen molar-refractivity contribution in [3.05, 3.63) is 23.3 Å². The third-order valence-corrected chi connectivity index (χ3v) is 9.34. The molecule has 8 heteroatoms. The van der Waals surface area contributed by atoms with Crippen LogP contribution < -0.4 is 0 Å². The van der Waals surface area contributed by atoms with Crippen LogP contribution in [0.1, 0.15) is 66.7 Å². The van der Waals surface area contributed by atoms with Gasteiger partial charge >= 0.3 is 11.9 Å². The molecule has 0 aromatic heterocycles. The summed E-state index contributed by atoms with van der Waals surface area (Å²) in [6.07, 6.45) is -0.166. The van der Waals surface area contributed by atoms with E-state index in [1.54, 1.807) is 13.8 Å². The molecule has 0 saturated heterocycles. The van der Waals surface area contributed by atoms with Crippen LogP contribution in [0.5, 0.6) is 0 Å². The van der Waals surface area contributed by atoms with Crippen molar-refractivity contribution in [3.8, 4) is 11.8 Å². The minimum absolute atomic E-state index is 0.0134. The molecule has 3 fully saturated rings. The molecule has 4 aliphatic rings. The Bertz CT molecular complexity index is 1120. The Morgan fingerprint density at radius 2 is 1.92 bits per heavy atom. The molecule has 0 aromatic carbocycles. The molecule has 37 heavy (non-hydrogen) atoms. The van der Waals surface area contributed by atoms with Crippen molar-refractivity contribution in [1.29, 1.82) is 0 Å². The summed E-state index contributed by atoms with van der Waals surface area (Å²) < 4.78 is 43.8. The minimum atomic E-state index is -2.22. The molecule has 9 atom stereocenters. The van der Waals surface area contributed by atoms with Crippen LogP contribution in [0.2, 0.25) is 0 Å². The van der Waals surface area contributed by atoms with E-state index < -0.39 is 52.5 Å². The molecule has 0 aromatic rings. The van der Waals surface area contributed by atoms with E-state index in [2.05, 4.69) is 11.8 Å². The Labute approximate surface area is 216 Å². The average molecular weight is 519 g/mol. The van der Waals surface area contributed by atoms with E-state index in [4.69, 9.17) is 9.47 Å². The smallest absolute Gasteiger partial charge is 0.305 e. The molecule has 202 valence electrons. The first-order chi connectivity index (χ1) is 17.3. The largest absolute Gasteiger partial charge is 0.461 e. The van der Waals surface area contributed by atoms with Gasteiger partial charge in [0.2, 0.25) is 0 Å². The number of ether oxygens (including phenoxy) is 2. The molecule has 4 aliphatic carbocycles. The molecule has 0 heterocycles. The summed E-state index contributed by atoms with van der Waals surface area (Å²) in [4.78, 5) is 35.9. The highest BCUT2D eigenvalue weighted by Crippen LogP contribution is 2.69. The normalized spacial score (nSPS) is 42.2. The number of carbonyl (C=O) groups excluding carboxylic acids is 3. The lowest BCUT2D eigenvalue weighted by Gasteiger charge is -2.62. The number of fused-ring (bicyclic) bond motifs is 5. The maximum Gasteiger partial charge on any atom is 0.305 e. The van der Waals surface area contributed by atoms with E-state index in [-0.39, 0.29) is 61.2 Å². The molecule has 0 unspecified atom stereocenters. The van der Waals surface area contributed by atoms with Gasteiger partial charge in [0.1, 0.15) is 12.3 Å². The van der Waals surface area contributed by atoms with E-state index in [9.17, 15) is 19.5 Å². The number of rotatable bonds is 4. The number of allylic oxidation sites excluding steroid dienone is 4. The Hall–Kier alpha value is -2.53.